The number of halogens is 12. The lowest BCUT2D eigenvalue weighted by molar-refractivity contribution is -0.139. The fourth-order valence-electron chi connectivity index (χ4n) is 23.8. The van der Waals surface area contributed by atoms with Crippen LogP contribution < -0.4 is 37.2 Å². The molecule has 8 amide bonds. The molecule has 17 atom stereocenters. The van der Waals surface area contributed by atoms with Crippen LogP contribution in [0, 0.1) is 44.9 Å². The van der Waals surface area contributed by atoms with Crippen molar-refractivity contribution in [3.63, 3.8) is 0 Å². The first-order valence-corrected chi connectivity index (χ1v) is 54.4. The number of carbonyl (C=O) groups is 9. The standard InChI is InChI=1S/C28H33Cl2FN2O4.C26H30Cl2FN3O6S2.C26H28Cl2FN3O3.C26H30Cl2FN3O2/c1-27(2,3)13-23-28(18-11-20(31)19(30)12-21(18)32-26(28)37)24(15-6-4-7-16(29)10-15)25(33-23)22(36)9-5-8-17(35)14-34;1-25(2,3)13-19-26(16-11-10-14(27)12-18(16)30-24(26)34)20(15-8-7-9-17(28)21(15)29)22(32(19)40(6,37)38)23(33)31(4)39(5,35)36;1-13(33)32-19(12-25(2,3)4)26(16-10-9-14(27)11-18(16)31-24(26)35)20(22(32)23(34)30-5)15-7-6-8-17(28)21(15)29;1-6-32-19(13-25(2,3)4)26(16-11-10-14(27)12-18(16)31-24(26)34)20(22(32)23(33)30-5)15-8-7-9-17(28)21(15)29/h4,6-7,10-12,17,23-25,33-35H,5,8-9,13-14H2,1-3H3,(H,32,37);7-12,19-20,22H,13H2,1-6H3,(H,30,34);6-11,19-20,22H,12H2,1-5H3,(H,30,34)(H,31,35);7-12,19-20,22H,6,13H2,1-5H3,(H,30,33)(H,31,34)/t17-,23-,24-,25-,28+;3*19-,20-,22+,26+/m0000/s1. The topological polar surface area (TPSA) is 360 Å². The summed E-state index contributed by atoms with van der Waals surface area (Å²) in [6.07, 6.45) is 3.17. The summed E-state index contributed by atoms with van der Waals surface area (Å²) >= 11 is 49.7. The number of benzene rings is 8. The molecule has 8 aliphatic heterocycles. The van der Waals surface area contributed by atoms with Gasteiger partial charge < -0.3 is 52.3 Å². The Bertz CT molecular complexity index is 6790. The van der Waals surface area contributed by atoms with Crippen molar-refractivity contribution in [2.45, 2.75) is 242 Å². The summed E-state index contributed by atoms with van der Waals surface area (Å²) in [4.78, 5) is 128. The number of hydrogen-bond acceptors (Lipinski definition) is 17. The second kappa shape index (κ2) is 42.6. The van der Waals surface area contributed by atoms with E-state index in [4.69, 9.17) is 97.9 Å². The molecule has 146 heavy (non-hydrogen) atoms. The number of ketones is 1. The highest BCUT2D eigenvalue weighted by atomic mass is 35.5. The number of sulfonamides is 2. The van der Waals surface area contributed by atoms with E-state index in [1.807, 2.05) is 60.6 Å². The highest BCUT2D eigenvalue weighted by molar-refractivity contribution is 7.89. The zero-order valence-corrected chi connectivity index (χ0v) is 91.7. The van der Waals surface area contributed by atoms with Gasteiger partial charge in [-0.25, -0.2) is 38.7 Å². The normalized spacial score (nSPS) is 25.8. The summed E-state index contributed by atoms with van der Waals surface area (Å²) in [5.41, 5.74) is -2.42. The van der Waals surface area contributed by atoms with Gasteiger partial charge in [0.05, 0.1) is 63.4 Å². The number of aliphatic hydroxyl groups is 2. The number of fused-ring (bicyclic) bond motifs is 8. The molecule has 0 aliphatic carbocycles. The molecule has 0 bridgehead atoms. The molecular formula is C106H121Cl8F4N11O15S2. The summed E-state index contributed by atoms with van der Waals surface area (Å²) in [5, 5.41) is 40.4. The number of nitrogens with zero attached hydrogens (tertiary/aromatic N) is 4. The van der Waals surface area contributed by atoms with Crippen LogP contribution in [0.25, 0.3) is 0 Å². The van der Waals surface area contributed by atoms with Crippen molar-refractivity contribution < 1.29 is 87.8 Å². The third-order valence-corrected chi connectivity index (χ3v) is 33.6. The van der Waals surface area contributed by atoms with Gasteiger partial charge in [0.15, 0.2) is 0 Å². The first-order chi connectivity index (χ1) is 67.9. The van der Waals surface area contributed by atoms with E-state index in [1.165, 1.54) is 79.5 Å². The van der Waals surface area contributed by atoms with Gasteiger partial charge in [0.1, 0.15) is 62.8 Å². The van der Waals surface area contributed by atoms with Crippen LogP contribution >= 0.6 is 92.8 Å². The minimum atomic E-state index is -4.33. The Hall–Kier alpha value is -9.07. The summed E-state index contributed by atoms with van der Waals surface area (Å²) in [5.74, 6) is -11.0. The van der Waals surface area contributed by atoms with Crippen molar-refractivity contribution in [3.8, 4) is 0 Å². The van der Waals surface area contributed by atoms with Crippen molar-refractivity contribution in [2.24, 2.45) is 21.7 Å². The molecule has 8 aliphatic rings. The number of nitrogens with one attached hydrogen (secondary N) is 7. The average Bonchev–Trinajstić information content (AvgIpc) is 1.53. The lowest BCUT2D eigenvalue weighted by atomic mass is 9.62. The summed E-state index contributed by atoms with van der Waals surface area (Å²) < 4.78 is 116. The maximum Gasteiger partial charge on any atom is 0.254 e. The molecule has 786 valence electrons. The molecular weight excluding hydrogens is 2090 g/mol. The van der Waals surface area contributed by atoms with Gasteiger partial charge in [-0.3, -0.25) is 48.1 Å². The van der Waals surface area contributed by atoms with Gasteiger partial charge in [0, 0.05) is 119 Å². The zero-order chi connectivity index (χ0) is 108. The smallest absolute Gasteiger partial charge is 0.254 e. The van der Waals surface area contributed by atoms with Gasteiger partial charge >= 0.3 is 0 Å². The molecule has 0 radical (unpaired) electrons. The van der Waals surface area contributed by atoms with E-state index in [2.05, 4.69) is 83.7 Å². The van der Waals surface area contributed by atoms with Crippen molar-refractivity contribution >= 4 is 189 Å². The van der Waals surface area contributed by atoms with Crippen molar-refractivity contribution in [3.05, 3.63) is 254 Å². The third-order valence-electron chi connectivity index (χ3n) is 29.1. The number of likely N-dealkylation sites (N-methyl/N-ethyl adjacent to an activating group) is 4. The van der Waals surface area contributed by atoms with E-state index in [0.717, 1.165) is 29.4 Å². The Balaban J connectivity index is 0.000000163. The molecule has 0 unspecified atom stereocenters. The Morgan fingerprint density at radius 3 is 1.27 bits per heavy atom. The van der Waals surface area contributed by atoms with Gasteiger partial charge in [-0.2, -0.15) is 4.31 Å². The first kappa shape index (κ1) is 114. The summed E-state index contributed by atoms with van der Waals surface area (Å²) in [6.45, 7) is 27.4. The minimum absolute atomic E-state index is 0.0413. The van der Waals surface area contributed by atoms with Gasteiger partial charge in [0.25, 0.3) is 5.91 Å². The summed E-state index contributed by atoms with van der Waals surface area (Å²) in [7, 11) is -4.49. The molecule has 0 saturated carbocycles. The largest absolute Gasteiger partial charge is 0.394 e. The highest BCUT2D eigenvalue weighted by Crippen LogP contribution is 2.66. The predicted molar refractivity (Wildman–Crippen MR) is 563 cm³/mol. The molecule has 8 aromatic rings. The number of anilines is 4. The fraction of sp³-hybridized carbons (Fsp3) is 0.462. The van der Waals surface area contributed by atoms with Crippen LogP contribution in [0.15, 0.2) is 146 Å². The molecule has 0 aromatic heterocycles. The van der Waals surface area contributed by atoms with Gasteiger partial charge in [-0.1, -0.05) is 250 Å². The lowest BCUT2D eigenvalue weighted by Crippen LogP contribution is -2.53. The second-order valence-electron chi connectivity index (χ2n) is 43.5. The molecule has 8 heterocycles. The Kier molecular flexibility index (Phi) is 33.3. The van der Waals surface area contributed by atoms with Crippen molar-refractivity contribution in [1.29, 1.82) is 0 Å². The third kappa shape index (κ3) is 20.9. The van der Waals surface area contributed by atoms with E-state index in [0.29, 0.717) is 90.9 Å². The quantitative estimate of drug-likeness (QED) is 0.0320. The molecule has 26 nitrogen and oxygen atoms in total. The molecule has 8 aromatic carbocycles. The zero-order valence-electron chi connectivity index (χ0n) is 84.1. The number of carbonyl (C=O) groups excluding carboxylic acids is 9. The number of amides is 8. The van der Waals surface area contributed by atoms with Crippen LogP contribution in [0.4, 0.5) is 40.3 Å². The maximum absolute atomic E-state index is 15.9. The number of hydrogen-bond donors (Lipinski definition) is 9. The van der Waals surface area contributed by atoms with Gasteiger partial charge in [0.2, 0.25) is 61.4 Å². The summed E-state index contributed by atoms with van der Waals surface area (Å²) in [6, 6.07) is 30.7. The lowest BCUT2D eigenvalue weighted by Gasteiger charge is -2.39. The maximum atomic E-state index is 15.9. The van der Waals surface area contributed by atoms with Gasteiger partial charge in [-0.05, 0) is 190 Å². The Labute approximate surface area is 889 Å². The van der Waals surface area contributed by atoms with Gasteiger partial charge in [-0.15, -0.1) is 0 Å². The molecule has 16 rings (SSSR count). The van der Waals surface area contributed by atoms with Crippen molar-refractivity contribution in [2.75, 3.05) is 68.1 Å². The molecule has 4 fully saturated rings. The van der Waals surface area contributed by atoms with Crippen molar-refractivity contribution in [1.82, 2.24) is 34.4 Å². The molecule has 40 heteroatoms. The fourth-order valence-corrected chi connectivity index (χ4v) is 27.0. The van der Waals surface area contributed by atoms with Crippen LogP contribution in [0.5, 0.6) is 0 Å². The van der Waals surface area contributed by atoms with Crippen LogP contribution in [-0.2, 0) is 84.9 Å². The Morgan fingerprint density at radius 1 is 0.479 bits per heavy atom. The highest BCUT2D eigenvalue weighted by Gasteiger charge is 2.75. The molecule has 4 saturated heterocycles. The number of aliphatic hydroxyl groups excluding tert-OH is 2. The molecule has 4 spiro atoms. The van der Waals surface area contributed by atoms with Crippen LogP contribution in [0.1, 0.15) is 210 Å². The average molecular weight is 2210 g/mol. The Morgan fingerprint density at radius 2 is 0.863 bits per heavy atom. The van der Waals surface area contributed by atoms with E-state index in [-0.39, 0.29) is 125 Å². The van der Waals surface area contributed by atoms with Crippen LogP contribution in [-0.4, -0.2) is 200 Å². The van der Waals surface area contributed by atoms with E-state index < -0.39 is 166 Å². The number of likely N-dealkylation sites (tertiary alicyclic amines) is 2. The first-order valence-electron chi connectivity index (χ1n) is 47.7. The minimum Gasteiger partial charge on any atom is -0.394 e. The molecule has 9 N–H and O–H groups in total. The second-order valence-corrected chi connectivity index (χ2v) is 50.8. The predicted octanol–water partition coefficient (Wildman–Crippen LogP) is 19.2. The van der Waals surface area contributed by atoms with E-state index in [1.54, 1.807) is 79.8 Å². The van der Waals surface area contributed by atoms with Crippen LogP contribution in [0.2, 0.25) is 40.2 Å². The van der Waals surface area contributed by atoms with Crippen LogP contribution in [0.3, 0.4) is 0 Å². The van der Waals surface area contributed by atoms with E-state index in [9.17, 15) is 69.5 Å². The number of Topliss-reactive ketones (excluding diaryl/α,β-unsaturated/α-hetero) is 1. The van der Waals surface area contributed by atoms with E-state index >= 15 is 13.2 Å². The monoisotopic (exact) mass is 2210 g/mol. The SMILES string of the molecule is CC(C)(C)C[C@@H]1N[C@@H](C(=O)CCC[C@H](O)CO)[C@H](c2cccc(Cl)c2)[C@]12C(=O)Nc1cc(Cl)c(F)cc12.CCN1[C@@H](CC(C)(C)C)[C@@]2(C(=O)Nc3cc(Cl)ccc32)[C@@H](c2cccc(Cl)c2F)[C@@H]1C(=O)NC.CN(C(=O)[C@H]1[C@H](c2cccc(Cl)c2F)[C@]2(C(=O)Nc3cc(Cl)ccc32)[C@H](CC(C)(C)C)N1S(C)(=O)=O)S(C)(=O)=O.CNC(=O)[C@H]1[C@H](c2cccc(Cl)c2F)[C@]2(C(=O)Nc3cc(Cl)ccc32)[C@H](CC(C)(C)C)N1C(C)=O. The number of rotatable bonds is 20.